The summed E-state index contributed by atoms with van der Waals surface area (Å²) in [6.45, 7) is 9.88. The number of nitrogens with one attached hydrogen (secondary N) is 2. The Hall–Kier alpha value is -2.56. The summed E-state index contributed by atoms with van der Waals surface area (Å²) in [5, 5.41) is 122. The predicted molar refractivity (Wildman–Crippen MR) is 290 cm³/mol. The molecular weight excluding hydrogens is 1160 g/mol. The Morgan fingerprint density at radius 1 is 0.500 bits per heavy atom. The zero-order valence-corrected chi connectivity index (χ0v) is 50.5. The van der Waals surface area contributed by atoms with E-state index >= 15 is 0 Å². The van der Waals surface area contributed by atoms with Crippen molar-refractivity contribution < 1.29 is 131 Å². The smallest absolute Gasteiger partial charge is 0.276 e. The van der Waals surface area contributed by atoms with E-state index in [-0.39, 0.29) is 12.3 Å². The summed E-state index contributed by atoms with van der Waals surface area (Å²) in [6.07, 6.45) is -18.3. The van der Waals surface area contributed by atoms with Gasteiger partial charge in [0.15, 0.2) is 25.2 Å². The van der Waals surface area contributed by atoms with Crippen molar-refractivity contribution in [2.75, 3.05) is 33.0 Å². The molecule has 23 atom stereocenters. The lowest BCUT2D eigenvalue weighted by Gasteiger charge is -2.50. The van der Waals surface area contributed by atoms with Crippen LogP contribution in [0.1, 0.15) is 113 Å². The number of amides is 2. The van der Waals surface area contributed by atoms with Gasteiger partial charge in [-0.3, -0.25) is 23.2 Å². The van der Waals surface area contributed by atoms with Gasteiger partial charge in [0.1, 0.15) is 97.5 Å². The van der Waals surface area contributed by atoms with E-state index in [2.05, 4.69) is 66.9 Å². The van der Waals surface area contributed by atoms with E-state index in [9.17, 15) is 84.7 Å². The van der Waals surface area contributed by atoms with Crippen LogP contribution in [0.4, 0.5) is 0 Å². The second-order valence-corrected chi connectivity index (χ2v) is 24.9. The van der Waals surface area contributed by atoms with Gasteiger partial charge in [0.2, 0.25) is 11.8 Å². The summed E-state index contributed by atoms with van der Waals surface area (Å²) in [7, 11) is -11.7. The molecule has 0 saturated carbocycles. The number of hydrogen-bond donors (Lipinski definition) is 13. The third kappa shape index (κ3) is 22.5. The minimum atomic E-state index is -6.05. The number of aliphatic hydroxyl groups excluding tert-OH is 11. The van der Waals surface area contributed by atoms with E-state index < -0.39 is 183 Å². The Morgan fingerprint density at radius 3 is 1.40 bits per heavy atom. The van der Waals surface area contributed by atoms with Crippen molar-refractivity contribution in [3.05, 3.63) is 46.6 Å². The third-order valence-electron chi connectivity index (χ3n) is 14.6. The lowest BCUT2D eigenvalue weighted by atomic mass is 9.94. The summed E-state index contributed by atoms with van der Waals surface area (Å²) in [5.74, 6) is -1.84. The van der Waals surface area contributed by atoms with E-state index in [4.69, 9.17) is 42.2 Å². The van der Waals surface area contributed by atoms with Gasteiger partial charge < -0.3 is 114 Å². The molecule has 4 fully saturated rings. The molecule has 0 aromatic carbocycles. The SMILES string of the molecule is CC(=O)N[C@H]1[C@H](O[C@H]2[C@H](O)[C@@H](NC(C)=O)[C@@H](OP(=O)([O-])OP(=O)([O-])OCCC(C)CC/C=C(/C)CC/C=C(\C)CC/C=C(\C)CCC=C(C)C)O[C@@H]2CO)O[C@H](CO)[C@@H](O[C@@H]2O[C@H](CO)[C@@H](O)[C@H](O[C@H]3O[C@H](CO)[C@@H](O)[C@H](O)[C@@H]3O)[C@@H]2O)[C@@H]1O. The first-order chi connectivity index (χ1) is 39.5. The van der Waals surface area contributed by atoms with Gasteiger partial charge in [0.05, 0.1) is 33.0 Å². The Labute approximate surface area is 489 Å². The zero-order chi connectivity index (χ0) is 62.8. The molecule has 0 spiro atoms. The molecule has 4 aliphatic heterocycles. The quantitative estimate of drug-likeness (QED) is 0.0269. The molecule has 13 N–H and O–H groups in total. The number of allylic oxidation sites excluding steroid dienone is 8. The maximum absolute atomic E-state index is 13.2. The highest BCUT2D eigenvalue weighted by molar-refractivity contribution is 7.59. The van der Waals surface area contributed by atoms with Gasteiger partial charge in [-0.25, -0.2) is 4.31 Å². The molecule has 29 nitrogen and oxygen atoms in total. The largest absolute Gasteiger partial charge is 0.756 e. The summed E-state index contributed by atoms with van der Waals surface area (Å²) >= 11 is 0. The third-order valence-corrected chi connectivity index (χ3v) is 17.2. The molecule has 0 aromatic heterocycles. The normalized spacial score (nSPS) is 36.3. The van der Waals surface area contributed by atoms with Gasteiger partial charge in [-0.05, 0) is 98.3 Å². The van der Waals surface area contributed by atoms with Gasteiger partial charge in [0, 0.05) is 13.8 Å². The van der Waals surface area contributed by atoms with Crippen LogP contribution in [0.3, 0.4) is 0 Å². The molecule has 4 saturated heterocycles. The minimum Gasteiger partial charge on any atom is -0.756 e. The van der Waals surface area contributed by atoms with Crippen LogP contribution in [0.15, 0.2) is 46.6 Å². The second kappa shape index (κ2) is 35.0. The fraction of sp³-hybridized carbons (Fsp3) is 0.811. The highest BCUT2D eigenvalue weighted by Crippen LogP contribution is 2.57. The molecule has 4 heterocycles. The van der Waals surface area contributed by atoms with E-state index in [1.165, 1.54) is 22.3 Å². The number of hydrogen-bond acceptors (Lipinski definition) is 27. The first-order valence-electron chi connectivity index (χ1n) is 28.1. The van der Waals surface area contributed by atoms with Gasteiger partial charge in [0.25, 0.3) is 15.6 Å². The monoisotopic (exact) mass is 1250 g/mol. The Balaban J connectivity index is 1.36. The number of aliphatic hydroxyl groups is 11. The predicted octanol–water partition coefficient (Wildman–Crippen LogP) is -1.51. The summed E-state index contributed by atoms with van der Waals surface area (Å²) in [6, 6.07) is -3.77. The number of phosphoric ester groups is 2. The van der Waals surface area contributed by atoms with E-state index in [1.54, 1.807) is 0 Å². The number of ether oxygens (including phenoxy) is 7. The van der Waals surface area contributed by atoms with Crippen molar-refractivity contribution >= 4 is 27.5 Å². The summed E-state index contributed by atoms with van der Waals surface area (Å²) in [5.41, 5.74) is 5.25. The molecule has 2 amide bonds. The fourth-order valence-corrected chi connectivity index (χ4v) is 11.9. The molecule has 4 rings (SSSR count). The molecule has 3 unspecified atom stereocenters. The average Bonchev–Trinajstić information content (AvgIpc) is 1.37. The van der Waals surface area contributed by atoms with Gasteiger partial charge in [-0.15, -0.1) is 0 Å². The molecule has 0 aliphatic carbocycles. The van der Waals surface area contributed by atoms with Crippen LogP contribution in [0.2, 0.25) is 0 Å². The first kappa shape index (κ1) is 73.9. The number of rotatable bonds is 32. The lowest BCUT2D eigenvalue weighted by Crippen LogP contribution is -2.70. The first-order valence-corrected chi connectivity index (χ1v) is 31.0. The van der Waals surface area contributed by atoms with Crippen LogP contribution in [-0.4, -0.2) is 224 Å². The Kier molecular flexibility index (Phi) is 30.8. The van der Waals surface area contributed by atoms with Crippen LogP contribution < -0.4 is 20.4 Å². The second-order valence-electron chi connectivity index (χ2n) is 22.0. The molecule has 4 aliphatic rings. The van der Waals surface area contributed by atoms with E-state index in [0.29, 0.717) is 12.8 Å². The molecule has 0 bridgehead atoms. The summed E-state index contributed by atoms with van der Waals surface area (Å²) in [4.78, 5) is 51.0. The highest BCUT2D eigenvalue weighted by atomic mass is 31.3. The average molecular weight is 1250 g/mol. The van der Waals surface area contributed by atoms with Crippen LogP contribution in [0.25, 0.3) is 0 Å². The van der Waals surface area contributed by atoms with Crippen molar-refractivity contribution in [2.24, 2.45) is 5.92 Å². The van der Waals surface area contributed by atoms with Crippen molar-refractivity contribution in [1.29, 1.82) is 0 Å². The standard InChI is InChI=1S/C53H92N2O27P2/c1-27(2)13-9-14-28(3)15-10-16-29(4)17-11-18-30(5)19-12-20-31(6)21-22-73-83(69,70)82-84(71,72)81-51-39(55-33(8)61)43(65)47(37(26-59)77-51)78-50-38(54-32(7)60)42(64)48(36(25-58)76-50)79-53-46(68)49(41(63)35(24-57)75-53)80-52-45(67)44(66)40(62)34(23-56)74-52/h13,15,17,19,31,34-53,56-59,62-68H,9-12,14,16,18,20-26H2,1-8H3,(H,54,60)(H,55,61)(H,69,70)(H,71,72)/p-2/b28-15+,29-17+,30-19-/t31?,34-,35-,36-,37-,38-,39-,40-,41-,42-,43-,44+,45+,46+,47-,48-,49+,50+,51-,52-,53+/m1/s1. The number of carbonyl (C=O) groups is 2. The van der Waals surface area contributed by atoms with Crippen LogP contribution in [0, 0.1) is 5.92 Å². The van der Waals surface area contributed by atoms with Crippen molar-refractivity contribution in [3.63, 3.8) is 0 Å². The molecule has 0 aromatic rings. The van der Waals surface area contributed by atoms with Crippen LogP contribution in [-0.2, 0) is 65.2 Å². The van der Waals surface area contributed by atoms with Crippen molar-refractivity contribution in [2.45, 2.75) is 236 Å². The van der Waals surface area contributed by atoms with E-state index in [0.717, 1.165) is 52.4 Å². The van der Waals surface area contributed by atoms with Crippen molar-refractivity contribution in [1.82, 2.24) is 10.6 Å². The molecular formula is C53H90N2O27P2-2. The highest BCUT2D eigenvalue weighted by Gasteiger charge is 2.56. The summed E-state index contributed by atoms with van der Waals surface area (Å²) < 4.78 is 79.9. The van der Waals surface area contributed by atoms with Gasteiger partial charge >= 0.3 is 0 Å². The maximum atomic E-state index is 13.2. The fourth-order valence-electron chi connectivity index (χ4n) is 9.83. The van der Waals surface area contributed by atoms with Crippen molar-refractivity contribution in [3.8, 4) is 0 Å². The Bertz CT molecular complexity index is 2270. The maximum Gasteiger partial charge on any atom is 0.276 e. The molecule has 31 heteroatoms. The van der Waals surface area contributed by atoms with Gasteiger partial charge in [-0.2, -0.15) is 0 Å². The molecule has 486 valence electrons. The lowest BCUT2D eigenvalue weighted by molar-refractivity contribution is -0.380. The van der Waals surface area contributed by atoms with E-state index in [1.807, 2.05) is 13.8 Å². The topological polar surface area (TPSA) is 453 Å². The number of carbonyl (C=O) groups excluding carboxylic acids is 2. The Morgan fingerprint density at radius 2 is 0.917 bits per heavy atom. The zero-order valence-electron chi connectivity index (χ0n) is 48.7. The van der Waals surface area contributed by atoms with Crippen LogP contribution >= 0.6 is 15.6 Å². The molecule has 84 heavy (non-hydrogen) atoms. The van der Waals surface area contributed by atoms with Gasteiger partial charge in [-0.1, -0.05) is 53.5 Å². The number of phosphoric acid groups is 2. The molecule has 0 radical (unpaired) electrons. The van der Waals surface area contributed by atoms with Crippen LogP contribution in [0.5, 0.6) is 0 Å². The minimum absolute atomic E-state index is 0.0559.